The quantitative estimate of drug-likeness (QED) is 0.647. The molecule has 0 spiro atoms. The summed E-state index contributed by atoms with van der Waals surface area (Å²) in [6, 6.07) is 13.0. The van der Waals surface area contributed by atoms with Gasteiger partial charge in [0.2, 0.25) is 5.89 Å². The highest BCUT2D eigenvalue weighted by atomic mass is 16.5. The van der Waals surface area contributed by atoms with Gasteiger partial charge in [0.25, 0.3) is 0 Å². The summed E-state index contributed by atoms with van der Waals surface area (Å²) in [4.78, 5) is 4.47. The van der Waals surface area contributed by atoms with E-state index in [1.165, 1.54) is 0 Å². The van der Waals surface area contributed by atoms with Gasteiger partial charge >= 0.3 is 0 Å². The van der Waals surface area contributed by atoms with Crippen LogP contribution in [0.3, 0.4) is 0 Å². The number of rotatable bonds is 6. The first-order valence-electron chi connectivity index (χ1n) is 7.27. The molecule has 6 nitrogen and oxygen atoms in total. The van der Waals surface area contributed by atoms with E-state index in [2.05, 4.69) is 10.3 Å². The third-order valence-corrected chi connectivity index (χ3v) is 3.46. The molecule has 0 amide bonds. The van der Waals surface area contributed by atoms with Crippen LogP contribution in [0.25, 0.3) is 22.6 Å². The lowest BCUT2D eigenvalue weighted by Crippen LogP contribution is -2.22. The van der Waals surface area contributed by atoms with Crippen molar-refractivity contribution in [3.05, 3.63) is 42.5 Å². The Labute approximate surface area is 133 Å². The maximum Gasteiger partial charge on any atom is 0.227 e. The highest BCUT2D eigenvalue weighted by Crippen LogP contribution is 2.28. The van der Waals surface area contributed by atoms with E-state index in [1.54, 1.807) is 7.11 Å². The second-order valence-electron chi connectivity index (χ2n) is 5.15. The third-order valence-electron chi connectivity index (χ3n) is 3.46. The number of hydrogen-bond donors (Lipinski definition) is 3. The van der Waals surface area contributed by atoms with Gasteiger partial charge in [-0.3, -0.25) is 0 Å². The molecule has 0 fully saturated rings. The lowest BCUT2D eigenvalue weighted by atomic mass is 10.2. The summed E-state index contributed by atoms with van der Waals surface area (Å²) in [7, 11) is 1.62. The molecule has 2 aromatic carbocycles. The highest BCUT2D eigenvalue weighted by molar-refractivity contribution is 5.80. The minimum Gasteiger partial charge on any atom is -0.497 e. The van der Waals surface area contributed by atoms with Gasteiger partial charge in [-0.25, -0.2) is 4.98 Å². The topological polar surface area (TPSA) is 87.8 Å². The van der Waals surface area contributed by atoms with Crippen LogP contribution >= 0.6 is 0 Å². The third kappa shape index (κ3) is 3.44. The average molecular weight is 314 g/mol. The minimum absolute atomic E-state index is 0.263. The van der Waals surface area contributed by atoms with Crippen LogP contribution in [0.1, 0.15) is 0 Å². The standard InChI is InChI=1S/C17H18N2O4/c1-22-14-4-2-3-11(7-14)17-19-15-6-5-12(8-16(15)23-17)18-9-13(21)10-20/h2-8,13,18,20-21H,9-10H2,1H3. The fourth-order valence-electron chi connectivity index (χ4n) is 2.21. The molecule has 0 radical (unpaired) electrons. The number of nitrogens with one attached hydrogen (secondary N) is 1. The summed E-state index contributed by atoms with van der Waals surface area (Å²) in [5.41, 5.74) is 3.02. The molecule has 0 bridgehead atoms. The van der Waals surface area contributed by atoms with Crippen molar-refractivity contribution in [1.82, 2.24) is 4.98 Å². The van der Waals surface area contributed by atoms with Gasteiger partial charge in [0.05, 0.1) is 19.8 Å². The van der Waals surface area contributed by atoms with Crippen molar-refractivity contribution in [2.24, 2.45) is 0 Å². The number of ether oxygens (including phenoxy) is 1. The molecule has 23 heavy (non-hydrogen) atoms. The molecule has 1 atom stereocenters. The van der Waals surface area contributed by atoms with E-state index in [9.17, 15) is 5.11 Å². The van der Waals surface area contributed by atoms with Crippen LogP contribution in [0.4, 0.5) is 5.69 Å². The van der Waals surface area contributed by atoms with Crippen LogP contribution in [0.5, 0.6) is 5.75 Å². The molecule has 3 aromatic rings. The summed E-state index contributed by atoms with van der Waals surface area (Å²) in [6.45, 7) is -0.0174. The molecular formula is C17H18N2O4. The van der Waals surface area contributed by atoms with Crippen molar-refractivity contribution in [2.75, 3.05) is 25.6 Å². The van der Waals surface area contributed by atoms with Gasteiger partial charge < -0.3 is 24.7 Å². The van der Waals surface area contributed by atoms with Crippen molar-refractivity contribution in [3.63, 3.8) is 0 Å². The molecule has 6 heteroatoms. The van der Waals surface area contributed by atoms with Crippen molar-refractivity contribution in [1.29, 1.82) is 0 Å². The summed E-state index contributed by atoms with van der Waals surface area (Å²) in [5.74, 6) is 1.26. The Morgan fingerprint density at radius 1 is 1.26 bits per heavy atom. The molecule has 0 aliphatic heterocycles. The number of aromatic nitrogens is 1. The number of aliphatic hydroxyl groups excluding tert-OH is 2. The summed E-state index contributed by atoms with van der Waals surface area (Å²) < 4.78 is 11.0. The normalized spacial score (nSPS) is 12.3. The van der Waals surface area contributed by atoms with Crippen molar-refractivity contribution in [2.45, 2.75) is 6.10 Å². The van der Waals surface area contributed by atoms with Gasteiger partial charge in [0.15, 0.2) is 5.58 Å². The Morgan fingerprint density at radius 3 is 2.91 bits per heavy atom. The SMILES string of the molecule is COc1cccc(-c2nc3ccc(NCC(O)CO)cc3o2)c1. The van der Waals surface area contributed by atoms with Gasteiger partial charge in [-0.1, -0.05) is 6.07 Å². The Kier molecular flexibility index (Phi) is 4.45. The van der Waals surface area contributed by atoms with E-state index in [1.807, 2.05) is 42.5 Å². The molecule has 0 aliphatic rings. The van der Waals surface area contributed by atoms with Gasteiger partial charge in [-0.2, -0.15) is 0 Å². The van der Waals surface area contributed by atoms with Crippen LogP contribution in [-0.4, -0.2) is 41.6 Å². The second kappa shape index (κ2) is 6.68. The van der Waals surface area contributed by atoms with Crippen LogP contribution in [0, 0.1) is 0 Å². The van der Waals surface area contributed by atoms with Crippen LogP contribution in [0.2, 0.25) is 0 Å². The molecule has 1 heterocycles. The molecule has 0 saturated heterocycles. The Bertz CT molecular complexity index is 800. The van der Waals surface area contributed by atoms with Gasteiger partial charge in [-0.05, 0) is 30.3 Å². The van der Waals surface area contributed by atoms with Crippen molar-refractivity contribution >= 4 is 16.8 Å². The minimum atomic E-state index is -0.798. The fourth-order valence-corrected chi connectivity index (χ4v) is 2.21. The lowest BCUT2D eigenvalue weighted by Gasteiger charge is -2.09. The number of oxazole rings is 1. The molecular weight excluding hydrogens is 296 g/mol. The molecule has 1 aromatic heterocycles. The largest absolute Gasteiger partial charge is 0.497 e. The zero-order valence-electron chi connectivity index (χ0n) is 12.7. The number of methoxy groups -OCH3 is 1. The zero-order chi connectivity index (χ0) is 16.2. The van der Waals surface area contributed by atoms with Gasteiger partial charge in [0, 0.05) is 23.9 Å². The van der Waals surface area contributed by atoms with Gasteiger partial charge in [-0.15, -0.1) is 0 Å². The Hall–Kier alpha value is -2.57. The highest BCUT2D eigenvalue weighted by Gasteiger charge is 2.10. The van der Waals surface area contributed by atoms with E-state index in [0.717, 1.165) is 22.5 Å². The first-order chi connectivity index (χ1) is 11.2. The monoisotopic (exact) mass is 314 g/mol. The first kappa shape index (κ1) is 15.3. The Balaban J connectivity index is 1.86. The predicted octanol–water partition coefficient (Wildman–Crippen LogP) is 2.27. The Morgan fingerprint density at radius 2 is 2.13 bits per heavy atom. The molecule has 120 valence electrons. The lowest BCUT2D eigenvalue weighted by molar-refractivity contribution is 0.105. The molecule has 1 unspecified atom stereocenters. The van der Waals surface area contributed by atoms with E-state index in [4.69, 9.17) is 14.3 Å². The molecule has 0 saturated carbocycles. The molecule has 3 rings (SSSR count). The second-order valence-corrected chi connectivity index (χ2v) is 5.15. The maximum absolute atomic E-state index is 9.37. The number of aliphatic hydroxyl groups is 2. The van der Waals surface area contributed by atoms with Crippen LogP contribution < -0.4 is 10.1 Å². The van der Waals surface area contributed by atoms with Crippen LogP contribution in [-0.2, 0) is 0 Å². The maximum atomic E-state index is 9.37. The van der Waals surface area contributed by atoms with Gasteiger partial charge in [0.1, 0.15) is 11.3 Å². The smallest absolute Gasteiger partial charge is 0.227 e. The van der Waals surface area contributed by atoms with Crippen molar-refractivity contribution < 1.29 is 19.4 Å². The summed E-state index contributed by atoms with van der Waals surface area (Å²) >= 11 is 0. The number of benzene rings is 2. The number of hydrogen-bond acceptors (Lipinski definition) is 6. The average Bonchev–Trinajstić information content (AvgIpc) is 3.03. The number of fused-ring (bicyclic) bond motifs is 1. The van der Waals surface area contributed by atoms with Crippen molar-refractivity contribution in [3.8, 4) is 17.2 Å². The fraction of sp³-hybridized carbons (Fsp3) is 0.235. The van der Waals surface area contributed by atoms with E-state index in [0.29, 0.717) is 11.5 Å². The summed E-state index contributed by atoms with van der Waals surface area (Å²) in [6.07, 6.45) is -0.798. The summed E-state index contributed by atoms with van der Waals surface area (Å²) in [5, 5.41) is 21.2. The van der Waals surface area contributed by atoms with E-state index in [-0.39, 0.29) is 13.2 Å². The van der Waals surface area contributed by atoms with E-state index >= 15 is 0 Å². The molecule has 3 N–H and O–H groups in total. The number of nitrogens with zero attached hydrogens (tertiary/aromatic N) is 1. The zero-order valence-corrected chi connectivity index (χ0v) is 12.7. The predicted molar refractivity (Wildman–Crippen MR) is 87.6 cm³/mol. The molecule has 0 aliphatic carbocycles. The number of anilines is 1. The first-order valence-corrected chi connectivity index (χ1v) is 7.27. The van der Waals surface area contributed by atoms with Crippen LogP contribution in [0.15, 0.2) is 46.9 Å². The van der Waals surface area contributed by atoms with E-state index < -0.39 is 6.10 Å².